The second-order valence-electron chi connectivity index (χ2n) is 6.27. The molecule has 31 heavy (non-hydrogen) atoms. The Kier molecular flexibility index (Phi) is 13.9. The Hall–Kier alpha value is 4.93. The van der Waals surface area contributed by atoms with E-state index in [1.165, 1.54) is 6.42 Å². The van der Waals surface area contributed by atoms with Crippen LogP contribution in [0, 0.1) is 6.42 Å². The van der Waals surface area contributed by atoms with E-state index in [-0.39, 0.29) is 0 Å². The standard InChI is InChI=1S/C14H12Cl17/c1-2-3-4-5-6-7(15,16)8(17,18)9(19,20)10(21,22)11(23,24)12(25,26)13(27,28)14(29,30)31/h6H,2-5H2,1H3. The van der Waals surface area contributed by atoms with Crippen molar-refractivity contribution in [3.63, 3.8) is 0 Å². The molecule has 0 atom stereocenters. The van der Waals surface area contributed by atoms with Crippen LogP contribution in [0.2, 0.25) is 0 Å². The topological polar surface area (TPSA) is 0 Å². The molecule has 0 aromatic heterocycles. The fraction of sp³-hybridized carbons (Fsp3) is 0.929. The van der Waals surface area contributed by atoms with Gasteiger partial charge < -0.3 is 0 Å². The van der Waals surface area contributed by atoms with Crippen molar-refractivity contribution in [3.8, 4) is 0 Å². The number of alkyl halides is 17. The van der Waals surface area contributed by atoms with Crippen molar-refractivity contribution in [1.29, 1.82) is 0 Å². The monoisotopic (exact) mass is 775 g/mol. The van der Waals surface area contributed by atoms with E-state index in [4.69, 9.17) is 197 Å². The van der Waals surface area contributed by atoms with Crippen LogP contribution in [0.4, 0.5) is 0 Å². The maximum atomic E-state index is 6.38. The molecule has 0 N–H and O–H groups in total. The summed E-state index contributed by atoms with van der Waals surface area (Å²) < 4.78 is -21.6. The van der Waals surface area contributed by atoms with Crippen molar-refractivity contribution in [1.82, 2.24) is 0 Å². The van der Waals surface area contributed by atoms with Crippen LogP contribution < -0.4 is 0 Å². The Labute approximate surface area is 267 Å². The van der Waals surface area contributed by atoms with Gasteiger partial charge in [-0.15, -0.1) is 0 Å². The molecule has 0 rings (SSSR count). The van der Waals surface area contributed by atoms with Crippen molar-refractivity contribution in [2.24, 2.45) is 0 Å². The molecule has 0 unspecified atom stereocenters. The van der Waals surface area contributed by atoms with E-state index in [1.807, 2.05) is 6.92 Å². The van der Waals surface area contributed by atoms with Gasteiger partial charge in [0.05, 0.1) is 0 Å². The Balaban J connectivity index is 6.37. The molecule has 0 bridgehead atoms. The largest absolute Gasteiger partial charge is 0.226 e. The van der Waals surface area contributed by atoms with Gasteiger partial charge in [0, 0.05) is 6.42 Å². The van der Waals surface area contributed by atoms with Crippen LogP contribution >= 0.6 is 197 Å². The molecule has 0 aromatic carbocycles. The molecule has 0 saturated heterocycles. The zero-order valence-corrected chi connectivity index (χ0v) is 27.7. The molecule has 0 heterocycles. The van der Waals surface area contributed by atoms with Crippen LogP contribution in [0.15, 0.2) is 0 Å². The number of halogens is 17. The molecule has 0 nitrogen and oxygen atoms in total. The summed E-state index contributed by atoms with van der Waals surface area (Å²) >= 11 is 105. The zero-order chi connectivity index (χ0) is 25.5. The SMILES string of the molecule is CCCCC[CH]C(Cl)(Cl)C(Cl)(Cl)C(Cl)(Cl)C(Cl)(Cl)C(Cl)(Cl)C(Cl)(Cl)C(Cl)(Cl)C(Cl)(Cl)Cl. The molecule has 187 valence electrons. The summed E-state index contributed by atoms with van der Waals surface area (Å²) in [6.45, 7) is 2.00. The van der Waals surface area contributed by atoms with Crippen LogP contribution in [-0.2, 0) is 0 Å². The molecule has 0 saturated carbocycles. The van der Waals surface area contributed by atoms with Gasteiger partial charge in [-0.05, 0) is 6.42 Å². The van der Waals surface area contributed by atoms with Gasteiger partial charge >= 0.3 is 0 Å². The van der Waals surface area contributed by atoms with Gasteiger partial charge in [-0.3, -0.25) is 0 Å². The third kappa shape index (κ3) is 6.75. The summed E-state index contributed by atoms with van der Waals surface area (Å²) in [6.07, 6.45) is 4.24. The molecule has 0 aliphatic rings. The van der Waals surface area contributed by atoms with Crippen molar-refractivity contribution in [2.45, 2.75) is 66.7 Å². The van der Waals surface area contributed by atoms with Gasteiger partial charge in [-0.1, -0.05) is 223 Å². The van der Waals surface area contributed by atoms with E-state index in [2.05, 4.69) is 0 Å². The molecule has 17 heteroatoms. The zero-order valence-electron chi connectivity index (χ0n) is 14.8. The van der Waals surface area contributed by atoms with Crippen molar-refractivity contribution in [2.75, 3.05) is 0 Å². The van der Waals surface area contributed by atoms with Gasteiger partial charge in [-0.2, -0.15) is 0 Å². The van der Waals surface area contributed by atoms with E-state index < -0.39 is 34.1 Å². The number of hydrogen-bond acceptors (Lipinski definition) is 0. The molecule has 0 fully saturated rings. The minimum Gasteiger partial charge on any atom is -0.0978 e. The second-order valence-corrected chi connectivity index (χ2v) is 17.9. The summed E-state index contributed by atoms with van der Waals surface area (Å²) in [6, 6.07) is 0. The lowest BCUT2D eigenvalue weighted by Gasteiger charge is -2.54. The van der Waals surface area contributed by atoms with Crippen LogP contribution in [0.3, 0.4) is 0 Å². The van der Waals surface area contributed by atoms with E-state index in [0.29, 0.717) is 12.8 Å². The molecule has 0 aliphatic carbocycles. The van der Waals surface area contributed by atoms with Gasteiger partial charge in [-0.25, -0.2) is 0 Å². The molecular formula is C14H12Cl17. The highest BCUT2D eigenvalue weighted by Gasteiger charge is 2.80. The van der Waals surface area contributed by atoms with Crippen LogP contribution in [0.1, 0.15) is 32.6 Å². The number of rotatable bonds is 11. The van der Waals surface area contributed by atoms with Gasteiger partial charge in [0.15, 0.2) is 26.0 Å². The highest BCUT2D eigenvalue weighted by molar-refractivity contribution is 6.83. The maximum Gasteiger partial charge on any atom is 0.226 e. The maximum absolute atomic E-state index is 6.38. The van der Waals surface area contributed by atoms with Crippen molar-refractivity contribution in [3.05, 3.63) is 6.42 Å². The predicted octanol–water partition coefficient (Wildman–Crippen LogP) is 12.4. The highest BCUT2D eigenvalue weighted by Crippen LogP contribution is 2.72. The first-order valence-electron chi connectivity index (χ1n) is 7.87. The smallest absolute Gasteiger partial charge is 0.0978 e. The normalized spacial score (nSPS) is 16.1. The van der Waals surface area contributed by atoms with E-state index in [0.717, 1.165) is 12.8 Å². The molecule has 1 radical (unpaired) electrons. The number of unbranched alkanes of at least 4 members (excludes halogenated alkanes) is 3. The Bertz CT molecular complexity index is 600. The van der Waals surface area contributed by atoms with Crippen LogP contribution in [0.25, 0.3) is 0 Å². The first-order chi connectivity index (χ1) is 13.3. The lowest BCUT2D eigenvalue weighted by molar-refractivity contribution is 0.457. The average Bonchev–Trinajstić information content (AvgIpc) is 2.56. The minimum absolute atomic E-state index is 0.380. The molecule has 0 spiro atoms. The van der Waals surface area contributed by atoms with E-state index in [1.54, 1.807) is 0 Å². The van der Waals surface area contributed by atoms with E-state index in [9.17, 15) is 0 Å². The third-order valence-corrected chi connectivity index (χ3v) is 15.4. The lowest BCUT2D eigenvalue weighted by atomic mass is 10.00. The summed E-state index contributed by atoms with van der Waals surface area (Å²) in [5.41, 5.74) is 0. The van der Waals surface area contributed by atoms with Crippen LogP contribution in [-0.4, -0.2) is 34.1 Å². The average molecular weight is 783 g/mol. The summed E-state index contributed by atoms with van der Waals surface area (Å²) in [5, 5.41) is 0. The van der Waals surface area contributed by atoms with Crippen molar-refractivity contribution < 1.29 is 0 Å². The Morgan fingerprint density at radius 3 is 1.10 bits per heavy atom. The Morgan fingerprint density at radius 2 is 0.774 bits per heavy atom. The first-order valence-corrected chi connectivity index (χ1v) is 14.3. The predicted molar refractivity (Wildman–Crippen MR) is 150 cm³/mol. The van der Waals surface area contributed by atoms with Gasteiger partial charge in [0.2, 0.25) is 8.13 Å². The fourth-order valence-corrected chi connectivity index (χ4v) is 7.17. The molecule has 0 aliphatic heterocycles. The molecular weight excluding hydrogens is 771 g/mol. The Morgan fingerprint density at radius 1 is 0.452 bits per heavy atom. The van der Waals surface area contributed by atoms with Gasteiger partial charge in [0.25, 0.3) is 0 Å². The lowest BCUT2D eigenvalue weighted by Crippen LogP contribution is -2.70. The summed E-state index contributed by atoms with van der Waals surface area (Å²) in [4.78, 5) is 0. The number of hydrogen-bond donors (Lipinski definition) is 0. The quantitative estimate of drug-likeness (QED) is 0.145. The summed E-state index contributed by atoms with van der Waals surface area (Å²) in [5.74, 6) is 0. The highest BCUT2D eigenvalue weighted by atomic mass is 35.6. The van der Waals surface area contributed by atoms with Gasteiger partial charge in [0.1, 0.15) is 0 Å². The van der Waals surface area contributed by atoms with Crippen molar-refractivity contribution >= 4 is 197 Å². The fourth-order valence-electron chi connectivity index (χ4n) is 1.98. The first kappa shape index (κ1) is 35.9. The third-order valence-electron chi connectivity index (χ3n) is 3.95. The summed E-state index contributed by atoms with van der Waals surface area (Å²) in [7, 11) is 0. The van der Waals surface area contributed by atoms with E-state index >= 15 is 0 Å². The van der Waals surface area contributed by atoms with Crippen LogP contribution in [0.5, 0.6) is 0 Å². The minimum atomic E-state index is -2.94. The molecule has 0 amide bonds. The second kappa shape index (κ2) is 12.0. The molecule has 0 aromatic rings.